The minimum absolute atomic E-state index is 0.902. The predicted octanol–water partition coefficient (Wildman–Crippen LogP) is 3.47. The molecule has 1 aliphatic carbocycles. The molecule has 0 unspecified atom stereocenters. The lowest BCUT2D eigenvalue weighted by Crippen LogP contribution is -2.47. The molecule has 1 aliphatic heterocycles. The Morgan fingerprint density at radius 1 is 0.952 bits per heavy atom. The highest BCUT2D eigenvalue weighted by Gasteiger charge is 2.20. The highest BCUT2D eigenvalue weighted by molar-refractivity contribution is 5.21. The number of rotatable bonds is 4. The molecular formula is C19H28N2. The lowest BCUT2D eigenvalue weighted by atomic mass is 9.94. The van der Waals surface area contributed by atoms with Crippen LogP contribution >= 0.6 is 0 Å². The number of allylic oxidation sites excluding steroid dienone is 2. The van der Waals surface area contributed by atoms with Crippen molar-refractivity contribution in [2.45, 2.75) is 32.7 Å². The first kappa shape index (κ1) is 14.8. The summed E-state index contributed by atoms with van der Waals surface area (Å²) in [6, 6.07) is 9.00. The van der Waals surface area contributed by atoms with Gasteiger partial charge in [-0.05, 0) is 37.7 Å². The largest absolute Gasteiger partial charge is 0.301 e. The van der Waals surface area contributed by atoms with Gasteiger partial charge < -0.3 is 4.90 Å². The second-order valence-electron chi connectivity index (χ2n) is 6.71. The zero-order valence-electron chi connectivity index (χ0n) is 13.3. The van der Waals surface area contributed by atoms with Gasteiger partial charge in [0.25, 0.3) is 0 Å². The van der Waals surface area contributed by atoms with E-state index in [9.17, 15) is 0 Å². The average Bonchev–Trinajstić information content (AvgIpc) is 2.53. The van der Waals surface area contributed by atoms with Gasteiger partial charge in [0, 0.05) is 39.3 Å². The van der Waals surface area contributed by atoms with Gasteiger partial charge in [0.1, 0.15) is 0 Å². The van der Waals surface area contributed by atoms with Crippen LogP contribution < -0.4 is 0 Å². The molecule has 21 heavy (non-hydrogen) atoms. The van der Waals surface area contributed by atoms with Crippen molar-refractivity contribution in [3.63, 3.8) is 0 Å². The zero-order valence-corrected chi connectivity index (χ0v) is 13.3. The van der Waals surface area contributed by atoms with Crippen molar-refractivity contribution in [3.05, 3.63) is 47.5 Å². The fourth-order valence-corrected chi connectivity index (χ4v) is 3.47. The van der Waals surface area contributed by atoms with Crippen molar-refractivity contribution >= 4 is 0 Å². The van der Waals surface area contributed by atoms with Crippen molar-refractivity contribution in [3.8, 4) is 0 Å². The van der Waals surface area contributed by atoms with Gasteiger partial charge in [-0.3, -0.25) is 4.90 Å². The smallest absolute Gasteiger partial charge is 0.0234 e. The molecule has 0 saturated carbocycles. The molecule has 0 radical (unpaired) electrons. The Kier molecular flexibility index (Phi) is 5.10. The molecule has 1 aromatic rings. The maximum Gasteiger partial charge on any atom is 0.0234 e. The van der Waals surface area contributed by atoms with Crippen LogP contribution in [0.2, 0.25) is 0 Å². The Balaban J connectivity index is 1.42. The third-order valence-electron chi connectivity index (χ3n) is 4.89. The lowest BCUT2D eigenvalue weighted by Gasteiger charge is -2.36. The summed E-state index contributed by atoms with van der Waals surface area (Å²) in [4.78, 5) is 5.28. The number of nitrogens with zero attached hydrogens (tertiary/aromatic N) is 2. The fraction of sp³-hybridized carbons (Fsp3) is 0.579. The Hall–Kier alpha value is -1.12. The Labute approximate surface area is 129 Å². The van der Waals surface area contributed by atoms with E-state index in [0.29, 0.717) is 0 Å². The zero-order chi connectivity index (χ0) is 14.5. The quantitative estimate of drug-likeness (QED) is 0.781. The van der Waals surface area contributed by atoms with Gasteiger partial charge in [0.15, 0.2) is 0 Å². The summed E-state index contributed by atoms with van der Waals surface area (Å²) in [6.07, 6.45) is 8.69. The lowest BCUT2D eigenvalue weighted by molar-refractivity contribution is 0.111. The third-order valence-corrected chi connectivity index (χ3v) is 4.89. The minimum Gasteiger partial charge on any atom is -0.301 e. The first-order chi connectivity index (χ1) is 10.3. The van der Waals surface area contributed by atoms with E-state index in [1.807, 2.05) is 0 Å². The molecule has 0 aromatic heterocycles. The number of hydrogen-bond donors (Lipinski definition) is 0. The molecule has 114 valence electrons. The predicted molar refractivity (Wildman–Crippen MR) is 89.4 cm³/mol. The van der Waals surface area contributed by atoms with Gasteiger partial charge >= 0.3 is 0 Å². The van der Waals surface area contributed by atoms with Crippen molar-refractivity contribution in [2.24, 2.45) is 5.92 Å². The van der Waals surface area contributed by atoms with Gasteiger partial charge in [-0.25, -0.2) is 0 Å². The first-order valence-electron chi connectivity index (χ1n) is 8.45. The van der Waals surface area contributed by atoms with E-state index in [1.165, 1.54) is 63.1 Å². The molecule has 2 heteroatoms. The molecular weight excluding hydrogens is 256 g/mol. The number of benzene rings is 1. The molecule has 2 aliphatic rings. The molecule has 0 bridgehead atoms. The molecule has 0 spiro atoms. The summed E-state index contributed by atoms with van der Waals surface area (Å²) in [5, 5.41) is 0. The molecule has 1 atom stereocenters. The van der Waals surface area contributed by atoms with E-state index < -0.39 is 0 Å². The summed E-state index contributed by atoms with van der Waals surface area (Å²) in [5.74, 6) is 0.902. The van der Waals surface area contributed by atoms with Crippen LogP contribution in [0.3, 0.4) is 0 Å². The van der Waals surface area contributed by atoms with Crippen LogP contribution in [0.25, 0.3) is 0 Å². The normalized spacial score (nSPS) is 24.3. The number of aryl methyl sites for hydroxylation is 1. The van der Waals surface area contributed by atoms with Gasteiger partial charge in [0.2, 0.25) is 0 Å². The van der Waals surface area contributed by atoms with Crippen LogP contribution in [0.4, 0.5) is 0 Å². The average molecular weight is 284 g/mol. The minimum atomic E-state index is 0.902. The van der Waals surface area contributed by atoms with Crippen molar-refractivity contribution in [2.75, 3.05) is 32.7 Å². The van der Waals surface area contributed by atoms with E-state index in [1.54, 1.807) is 0 Å². The standard InChI is InChI=1S/C19H28N2/c1-17-7-9-19(10-8-17)16-21-13-11-20(12-14-21)15-18-5-3-2-4-6-18/h2-3,7-10,18H,4-6,11-16H2,1H3/t18-/m1/s1. The molecule has 1 heterocycles. The number of hydrogen-bond acceptors (Lipinski definition) is 2. The topological polar surface area (TPSA) is 6.48 Å². The van der Waals surface area contributed by atoms with Crippen LogP contribution in [-0.4, -0.2) is 42.5 Å². The maximum absolute atomic E-state index is 2.68. The van der Waals surface area contributed by atoms with Crippen LogP contribution in [0, 0.1) is 12.8 Å². The second-order valence-corrected chi connectivity index (χ2v) is 6.71. The van der Waals surface area contributed by atoms with Gasteiger partial charge in [-0.15, -0.1) is 0 Å². The third kappa shape index (κ3) is 4.42. The van der Waals surface area contributed by atoms with Crippen molar-refractivity contribution < 1.29 is 0 Å². The fourth-order valence-electron chi connectivity index (χ4n) is 3.47. The van der Waals surface area contributed by atoms with Crippen molar-refractivity contribution in [1.82, 2.24) is 9.80 Å². The monoisotopic (exact) mass is 284 g/mol. The van der Waals surface area contributed by atoms with Crippen LogP contribution in [0.15, 0.2) is 36.4 Å². The van der Waals surface area contributed by atoms with Gasteiger partial charge in [-0.1, -0.05) is 42.0 Å². The van der Waals surface area contributed by atoms with Crippen molar-refractivity contribution in [1.29, 1.82) is 0 Å². The van der Waals surface area contributed by atoms with Crippen LogP contribution in [0.1, 0.15) is 30.4 Å². The van der Waals surface area contributed by atoms with Gasteiger partial charge in [-0.2, -0.15) is 0 Å². The highest BCUT2D eigenvalue weighted by atomic mass is 15.3. The van der Waals surface area contributed by atoms with E-state index in [2.05, 4.69) is 53.1 Å². The molecule has 3 rings (SSSR count). The summed E-state index contributed by atoms with van der Waals surface area (Å²) >= 11 is 0. The number of piperazine rings is 1. The van der Waals surface area contributed by atoms with Crippen LogP contribution in [-0.2, 0) is 6.54 Å². The molecule has 1 aromatic carbocycles. The Morgan fingerprint density at radius 3 is 2.33 bits per heavy atom. The highest BCUT2D eigenvalue weighted by Crippen LogP contribution is 2.20. The molecule has 0 amide bonds. The van der Waals surface area contributed by atoms with Crippen LogP contribution in [0.5, 0.6) is 0 Å². The molecule has 1 saturated heterocycles. The van der Waals surface area contributed by atoms with Gasteiger partial charge in [0.05, 0.1) is 0 Å². The summed E-state index contributed by atoms with van der Waals surface area (Å²) in [5.41, 5.74) is 2.80. The summed E-state index contributed by atoms with van der Waals surface area (Å²) < 4.78 is 0. The van der Waals surface area contributed by atoms with E-state index in [0.717, 1.165) is 12.5 Å². The van der Waals surface area contributed by atoms with E-state index in [-0.39, 0.29) is 0 Å². The molecule has 2 nitrogen and oxygen atoms in total. The summed E-state index contributed by atoms with van der Waals surface area (Å²) in [6.45, 7) is 9.50. The van der Waals surface area contributed by atoms with E-state index in [4.69, 9.17) is 0 Å². The Morgan fingerprint density at radius 2 is 1.67 bits per heavy atom. The first-order valence-corrected chi connectivity index (χ1v) is 8.45. The van der Waals surface area contributed by atoms with E-state index >= 15 is 0 Å². The maximum atomic E-state index is 2.68. The molecule has 0 N–H and O–H groups in total. The second kappa shape index (κ2) is 7.24. The summed E-state index contributed by atoms with van der Waals surface area (Å²) in [7, 11) is 0. The molecule has 1 fully saturated rings. The Bertz CT molecular complexity index is 455. The SMILES string of the molecule is Cc1ccc(CN2CCN(C[C@@H]3CC=CCC3)CC2)cc1.